The van der Waals surface area contributed by atoms with E-state index in [1.165, 1.54) is 37.7 Å². The van der Waals surface area contributed by atoms with Gasteiger partial charge in [0.2, 0.25) is 0 Å². The van der Waals surface area contributed by atoms with Crippen molar-refractivity contribution in [2.24, 2.45) is 0 Å². The molecule has 1 aromatic rings. The summed E-state index contributed by atoms with van der Waals surface area (Å²) in [6, 6.07) is 8.19. The van der Waals surface area contributed by atoms with E-state index in [2.05, 4.69) is 42.6 Å². The number of rotatable bonds is 3. The van der Waals surface area contributed by atoms with Gasteiger partial charge in [-0.2, -0.15) is 0 Å². The average molecular weight is 227 g/mol. The first kappa shape index (κ1) is 11.0. The molecule has 17 heavy (non-hydrogen) atoms. The maximum atomic E-state index is 3.72. The van der Waals surface area contributed by atoms with Crippen LogP contribution in [-0.2, 0) is 12.8 Å². The lowest BCUT2D eigenvalue weighted by Crippen LogP contribution is -2.29. The fourth-order valence-electron chi connectivity index (χ4n) is 3.06. The molecule has 0 aromatic heterocycles. The summed E-state index contributed by atoms with van der Waals surface area (Å²) >= 11 is 0. The lowest BCUT2D eigenvalue weighted by molar-refractivity contribution is 0.471. The second kappa shape index (κ2) is 4.66. The lowest BCUT2D eigenvalue weighted by Gasteiger charge is -2.20. The number of hydrogen-bond acceptors (Lipinski definition) is 1. The summed E-state index contributed by atoms with van der Waals surface area (Å²) < 4.78 is 0. The van der Waals surface area contributed by atoms with E-state index in [1.54, 1.807) is 11.1 Å². The zero-order chi connectivity index (χ0) is 11.7. The van der Waals surface area contributed by atoms with Crippen LogP contribution >= 0.6 is 0 Å². The Morgan fingerprint density at radius 1 is 1.12 bits per heavy atom. The average Bonchev–Trinajstić information content (AvgIpc) is 2.97. The van der Waals surface area contributed by atoms with E-state index in [9.17, 15) is 0 Å². The highest BCUT2D eigenvalue weighted by molar-refractivity contribution is 5.36. The van der Waals surface area contributed by atoms with E-state index in [-0.39, 0.29) is 0 Å². The van der Waals surface area contributed by atoms with Gasteiger partial charge in [0.15, 0.2) is 0 Å². The van der Waals surface area contributed by atoms with Gasteiger partial charge >= 0.3 is 0 Å². The maximum Gasteiger partial charge on any atom is 0.0294 e. The van der Waals surface area contributed by atoms with Crippen molar-refractivity contribution < 1.29 is 0 Å². The van der Waals surface area contributed by atoms with Crippen LogP contribution in [0.1, 0.15) is 48.9 Å². The zero-order valence-corrected chi connectivity index (χ0v) is 10.6. The summed E-state index contributed by atoms with van der Waals surface area (Å²) in [5, 5.41) is 3.72. The van der Waals surface area contributed by atoms with Crippen molar-refractivity contribution in [3.05, 3.63) is 47.0 Å². The number of hydrogen-bond donors (Lipinski definition) is 1. The first-order valence-corrected chi connectivity index (χ1v) is 6.85. The van der Waals surface area contributed by atoms with E-state index < -0.39 is 0 Å². The predicted molar refractivity (Wildman–Crippen MR) is 72.2 cm³/mol. The van der Waals surface area contributed by atoms with Crippen molar-refractivity contribution in [2.45, 2.75) is 51.1 Å². The van der Waals surface area contributed by atoms with Crippen LogP contribution < -0.4 is 5.32 Å². The third-order valence-corrected chi connectivity index (χ3v) is 4.12. The van der Waals surface area contributed by atoms with Crippen molar-refractivity contribution in [3.8, 4) is 0 Å². The molecule has 1 nitrogen and oxygen atoms in total. The Kier molecular flexibility index (Phi) is 3.02. The van der Waals surface area contributed by atoms with Crippen LogP contribution in [0, 0.1) is 0 Å². The van der Waals surface area contributed by atoms with Gasteiger partial charge in [-0.1, -0.05) is 30.4 Å². The van der Waals surface area contributed by atoms with Gasteiger partial charge in [0.05, 0.1) is 0 Å². The number of aryl methyl sites for hydroxylation is 2. The molecule has 2 aliphatic carbocycles. The highest BCUT2D eigenvalue weighted by Crippen LogP contribution is 2.26. The van der Waals surface area contributed by atoms with Crippen molar-refractivity contribution >= 4 is 0 Å². The van der Waals surface area contributed by atoms with Crippen molar-refractivity contribution in [1.82, 2.24) is 5.32 Å². The summed E-state index contributed by atoms with van der Waals surface area (Å²) in [6.45, 7) is 2.29. The van der Waals surface area contributed by atoms with E-state index in [1.807, 2.05) is 0 Å². The van der Waals surface area contributed by atoms with Gasteiger partial charge in [-0.25, -0.2) is 0 Å². The molecule has 0 spiro atoms. The van der Waals surface area contributed by atoms with Crippen LogP contribution in [0.2, 0.25) is 0 Å². The third kappa shape index (κ3) is 2.30. The molecule has 0 bridgehead atoms. The molecule has 1 unspecified atom stereocenters. The van der Waals surface area contributed by atoms with Crippen LogP contribution in [0.15, 0.2) is 30.4 Å². The van der Waals surface area contributed by atoms with Crippen molar-refractivity contribution in [3.63, 3.8) is 0 Å². The Morgan fingerprint density at radius 3 is 2.71 bits per heavy atom. The van der Waals surface area contributed by atoms with Crippen LogP contribution in [-0.4, -0.2) is 6.04 Å². The minimum atomic E-state index is 0.478. The van der Waals surface area contributed by atoms with Gasteiger partial charge < -0.3 is 5.32 Å². The maximum absolute atomic E-state index is 3.72. The molecule has 0 saturated heterocycles. The molecule has 1 atom stereocenters. The predicted octanol–water partition coefficient (Wildman–Crippen LogP) is 3.54. The Morgan fingerprint density at radius 2 is 1.88 bits per heavy atom. The molecule has 0 aliphatic heterocycles. The summed E-state index contributed by atoms with van der Waals surface area (Å²) in [6.07, 6.45) is 10.8. The highest BCUT2D eigenvalue weighted by atomic mass is 14.9. The molecule has 0 saturated carbocycles. The highest BCUT2D eigenvalue weighted by Gasteiger charge is 2.16. The molecule has 0 radical (unpaired) electrons. The number of benzene rings is 1. The molecule has 1 N–H and O–H groups in total. The normalized spacial score (nSPS) is 20.8. The minimum absolute atomic E-state index is 0.478. The first-order valence-electron chi connectivity index (χ1n) is 6.85. The van der Waals surface area contributed by atoms with E-state index in [4.69, 9.17) is 0 Å². The number of fused-ring (bicyclic) bond motifs is 1. The molecule has 1 aromatic carbocycles. The molecule has 90 valence electrons. The van der Waals surface area contributed by atoms with Gasteiger partial charge in [-0.05, 0) is 55.7 Å². The minimum Gasteiger partial charge on any atom is -0.307 e. The SMILES string of the molecule is CC(NC1CC=CC1)c1ccc2c(c1)CCC2. The largest absolute Gasteiger partial charge is 0.307 e. The zero-order valence-electron chi connectivity index (χ0n) is 10.6. The molecule has 0 amide bonds. The molecule has 1 heteroatoms. The Balaban J connectivity index is 1.70. The topological polar surface area (TPSA) is 12.0 Å². The van der Waals surface area contributed by atoms with Gasteiger partial charge in [-0.3, -0.25) is 0 Å². The van der Waals surface area contributed by atoms with E-state index in [0.717, 1.165) is 0 Å². The Labute approximate surface area is 104 Å². The number of nitrogens with one attached hydrogen (secondary N) is 1. The molecule has 2 aliphatic rings. The van der Waals surface area contributed by atoms with Crippen LogP contribution in [0.3, 0.4) is 0 Å². The molecular weight excluding hydrogens is 206 g/mol. The van der Waals surface area contributed by atoms with Crippen molar-refractivity contribution in [1.29, 1.82) is 0 Å². The molecule has 0 fully saturated rings. The van der Waals surface area contributed by atoms with Crippen LogP contribution in [0.4, 0.5) is 0 Å². The van der Waals surface area contributed by atoms with Gasteiger partial charge in [0.1, 0.15) is 0 Å². The summed E-state index contributed by atoms with van der Waals surface area (Å²) in [4.78, 5) is 0. The summed E-state index contributed by atoms with van der Waals surface area (Å²) in [7, 11) is 0. The van der Waals surface area contributed by atoms with Gasteiger partial charge in [0.25, 0.3) is 0 Å². The standard InChI is InChI=1S/C16H21N/c1-12(17-16-7-2-3-8-16)14-10-9-13-5-4-6-15(13)11-14/h2-3,9-12,16-17H,4-8H2,1H3. The first-order chi connectivity index (χ1) is 8.33. The van der Waals surface area contributed by atoms with E-state index in [0.29, 0.717) is 12.1 Å². The van der Waals surface area contributed by atoms with Crippen LogP contribution in [0.25, 0.3) is 0 Å². The lowest BCUT2D eigenvalue weighted by atomic mass is 10.0. The summed E-state index contributed by atoms with van der Waals surface area (Å²) in [5.41, 5.74) is 4.61. The smallest absolute Gasteiger partial charge is 0.0294 e. The third-order valence-electron chi connectivity index (χ3n) is 4.12. The van der Waals surface area contributed by atoms with Gasteiger partial charge in [-0.15, -0.1) is 0 Å². The van der Waals surface area contributed by atoms with Crippen LogP contribution in [0.5, 0.6) is 0 Å². The second-order valence-corrected chi connectivity index (χ2v) is 5.41. The molecule has 0 heterocycles. The Hall–Kier alpha value is -1.08. The molecular formula is C16H21N. The van der Waals surface area contributed by atoms with Crippen molar-refractivity contribution in [2.75, 3.05) is 0 Å². The Bertz CT molecular complexity index is 425. The van der Waals surface area contributed by atoms with Gasteiger partial charge in [0, 0.05) is 12.1 Å². The monoisotopic (exact) mass is 227 g/mol. The molecule has 3 rings (SSSR count). The fraction of sp³-hybridized carbons (Fsp3) is 0.500. The van der Waals surface area contributed by atoms with E-state index >= 15 is 0 Å². The fourth-order valence-corrected chi connectivity index (χ4v) is 3.06. The second-order valence-electron chi connectivity index (χ2n) is 5.41. The summed E-state index contributed by atoms with van der Waals surface area (Å²) in [5.74, 6) is 0. The quantitative estimate of drug-likeness (QED) is 0.779.